The Kier molecular flexibility index (Phi) is 13.7. The molecule has 0 unspecified atom stereocenters. The summed E-state index contributed by atoms with van der Waals surface area (Å²) in [5, 5.41) is 12.8. The Morgan fingerprint density at radius 3 is 2.07 bits per heavy atom. The van der Waals surface area contributed by atoms with Crippen molar-refractivity contribution in [1.82, 2.24) is 14.5 Å². The summed E-state index contributed by atoms with van der Waals surface area (Å²) in [4.78, 5) is 9.68. The van der Waals surface area contributed by atoms with Crippen LogP contribution in [0.15, 0.2) is 156 Å². The standard InChI is InChI=1S/C47H42N3OSi.C14H15FGeN.Ir/c1-29(2)40-25-35(32-18-21-36(22-19-32)52(5,6)7)26-41(30(3)4)45(40)50-43-17-9-8-16-42(43)49-47(50)39-15-11-14-38-37-23-20-34(27-44(37)51-46(38)39)33-13-10-12-31(24-33)28-48;1-16(2,3)13-8-9-14(17-10-13)11-4-6-12(15)7-5-11;/h8-14,16-27,29-30H,1-7H3;4,6-10H,1-3H3;/q2*-1;/i29D,30D;;. The number of fused-ring (bicyclic) bond motifs is 4. The van der Waals surface area contributed by atoms with Gasteiger partial charge in [-0.15, -0.1) is 18.2 Å². The molecule has 1 radical (unpaired) electrons. The zero-order chi connectivity index (χ0) is 50.6. The van der Waals surface area contributed by atoms with E-state index in [0.29, 0.717) is 22.5 Å². The van der Waals surface area contributed by atoms with Crippen molar-refractivity contribution < 1.29 is 31.7 Å². The van der Waals surface area contributed by atoms with Gasteiger partial charge in [0.1, 0.15) is 5.58 Å². The smallest absolute Gasteiger partial charge is 0 e. The minimum absolute atomic E-state index is 0. The summed E-state index contributed by atoms with van der Waals surface area (Å²) in [5.41, 5.74) is 12.4. The molecule has 9 heteroatoms. The van der Waals surface area contributed by atoms with Gasteiger partial charge in [-0.3, -0.25) is 4.98 Å². The quantitative estimate of drug-likeness (QED) is 0.107. The molecule has 0 atom stereocenters. The summed E-state index contributed by atoms with van der Waals surface area (Å²) in [6, 6.07) is 56.0. The number of nitrogens with zero attached hydrogens (tertiary/aromatic N) is 4. The Morgan fingerprint density at radius 1 is 0.743 bits per heavy atom. The Balaban J connectivity index is 0.000000326. The number of hydrogen-bond acceptors (Lipinski definition) is 4. The van der Waals surface area contributed by atoms with E-state index in [1.54, 1.807) is 12.1 Å². The predicted octanol–water partition coefficient (Wildman–Crippen LogP) is 15.6. The molecule has 0 spiro atoms. The number of hydrogen-bond donors (Lipinski definition) is 0. The topological polar surface area (TPSA) is 67.6 Å². The molecule has 0 N–H and O–H groups in total. The fourth-order valence-electron chi connectivity index (χ4n) is 8.80. The number of benzene rings is 7. The molecule has 0 aliphatic heterocycles. The van der Waals surface area contributed by atoms with E-state index in [0.717, 1.165) is 77.7 Å². The van der Waals surface area contributed by atoms with Crippen molar-refractivity contribution in [3.05, 3.63) is 186 Å². The van der Waals surface area contributed by atoms with Gasteiger partial charge in [-0.2, -0.15) is 5.26 Å². The van der Waals surface area contributed by atoms with Gasteiger partial charge in [0.25, 0.3) is 0 Å². The molecule has 0 aliphatic rings. The summed E-state index contributed by atoms with van der Waals surface area (Å²) in [6.45, 7) is 14.7. The molecule has 0 fully saturated rings. The minimum atomic E-state index is -1.79. The molecule has 353 valence electrons. The van der Waals surface area contributed by atoms with Gasteiger partial charge in [-0.25, -0.2) is 0 Å². The maximum atomic E-state index is 12.8. The van der Waals surface area contributed by atoms with Gasteiger partial charge in [0.2, 0.25) is 0 Å². The van der Waals surface area contributed by atoms with Crippen LogP contribution in [-0.2, 0) is 20.1 Å². The van der Waals surface area contributed by atoms with Crippen molar-refractivity contribution in [2.45, 2.75) is 76.4 Å². The van der Waals surface area contributed by atoms with Crippen molar-refractivity contribution in [2.24, 2.45) is 0 Å². The van der Waals surface area contributed by atoms with Crippen LogP contribution in [0.5, 0.6) is 0 Å². The number of rotatable bonds is 9. The van der Waals surface area contributed by atoms with Crippen molar-refractivity contribution in [3.8, 4) is 56.7 Å². The van der Waals surface area contributed by atoms with E-state index < -0.39 is 33.1 Å². The van der Waals surface area contributed by atoms with E-state index in [2.05, 4.69) is 125 Å². The first kappa shape index (κ1) is 47.5. The number of aromatic nitrogens is 3. The Morgan fingerprint density at radius 2 is 1.44 bits per heavy atom. The second kappa shape index (κ2) is 20.3. The Labute approximate surface area is 432 Å². The monoisotopic (exact) mass is 1180 g/mol. The maximum absolute atomic E-state index is 12.8. The average Bonchev–Trinajstić information content (AvgIpc) is 3.91. The van der Waals surface area contributed by atoms with Gasteiger partial charge >= 0.3 is 104 Å². The minimum Gasteiger partial charge on any atom is 0 e. The molecule has 5 nitrogen and oxygen atoms in total. The second-order valence-electron chi connectivity index (χ2n) is 20.2. The first-order valence-corrected chi connectivity index (χ1v) is 34.2. The van der Waals surface area contributed by atoms with Crippen LogP contribution < -0.4 is 9.58 Å². The SMILES string of the molecule is [2H]C(C)(C)c1cc(-c2ccc([Si](C)(C)C)cc2)cc(C([2H])(C)C)c1-n1c(-c2[c-]ccc3c2oc2cc(-c4cccc(C#N)c4)ccc23)nc2ccccc21.[CH3][Ge]([CH3])([CH3])[c]1ccc(-c2[c-]cc(F)cc2)nc1.[Ir]. The molecule has 10 aromatic rings. The number of para-hydroxylation sites is 2. The molecule has 7 aromatic carbocycles. The van der Waals surface area contributed by atoms with Crippen LogP contribution in [0, 0.1) is 29.3 Å². The molecule has 10 rings (SSSR count). The number of pyridine rings is 1. The molecule has 3 heterocycles. The van der Waals surface area contributed by atoms with E-state index in [-0.39, 0.29) is 25.9 Å². The van der Waals surface area contributed by atoms with E-state index in [1.807, 2.05) is 94.6 Å². The number of nitriles is 1. The zero-order valence-electron chi connectivity index (χ0n) is 43.3. The fourth-order valence-corrected chi connectivity index (χ4v) is 12.1. The van der Waals surface area contributed by atoms with Gasteiger partial charge in [0.05, 0.1) is 42.1 Å². The van der Waals surface area contributed by atoms with Crippen molar-refractivity contribution in [2.75, 3.05) is 0 Å². The summed E-state index contributed by atoms with van der Waals surface area (Å²) in [7, 11) is -1.49. The first-order chi connectivity index (χ1) is 33.6. The molecule has 3 aromatic heterocycles. The molecule has 0 amide bonds. The van der Waals surface area contributed by atoms with Gasteiger partial charge < -0.3 is 8.98 Å². The van der Waals surface area contributed by atoms with Crippen LogP contribution >= 0.6 is 0 Å². The van der Waals surface area contributed by atoms with Gasteiger partial charge in [0, 0.05) is 33.9 Å². The molecular weight excluding hydrogens is 1120 g/mol. The van der Waals surface area contributed by atoms with Gasteiger partial charge in [-0.05, 0) is 87.6 Å². The predicted molar refractivity (Wildman–Crippen MR) is 291 cm³/mol. The molecule has 0 saturated carbocycles. The largest absolute Gasteiger partial charge is 0 e. The van der Waals surface area contributed by atoms with Crippen LogP contribution in [0.3, 0.4) is 0 Å². The Bertz CT molecular complexity index is 3610. The zero-order valence-corrected chi connectivity index (χ0v) is 46.8. The molecule has 0 saturated heterocycles. The van der Waals surface area contributed by atoms with Crippen LogP contribution in [0.2, 0.25) is 36.9 Å². The van der Waals surface area contributed by atoms with Crippen LogP contribution in [0.1, 0.15) is 58.9 Å². The number of furan rings is 1. The number of halogens is 1. The van der Waals surface area contributed by atoms with Gasteiger partial charge in [0.15, 0.2) is 0 Å². The van der Waals surface area contributed by atoms with Crippen molar-refractivity contribution in [1.29, 1.82) is 5.26 Å². The normalized spacial score (nSPS) is 12.5. The van der Waals surface area contributed by atoms with Crippen molar-refractivity contribution in [3.63, 3.8) is 0 Å². The third-order valence-corrected chi connectivity index (χ3v) is 19.0. The van der Waals surface area contributed by atoms with Crippen LogP contribution in [0.4, 0.5) is 4.39 Å². The maximum Gasteiger partial charge on any atom is 0 e. The fraction of sp³-hybridized carbons (Fsp3) is 0.197. The second-order valence-corrected chi connectivity index (χ2v) is 35.9. The summed E-state index contributed by atoms with van der Waals surface area (Å²) in [6.07, 6.45) is 1.95. The van der Waals surface area contributed by atoms with E-state index >= 15 is 0 Å². The number of imidazole rings is 1. The third-order valence-electron chi connectivity index (χ3n) is 12.7. The van der Waals surface area contributed by atoms with Crippen LogP contribution in [-0.4, -0.2) is 35.9 Å². The van der Waals surface area contributed by atoms with Crippen molar-refractivity contribution >= 4 is 63.9 Å². The van der Waals surface area contributed by atoms with E-state index in [4.69, 9.17) is 9.40 Å². The molecule has 0 bridgehead atoms. The first-order valence-electron chi connectivity index (χ1n) is 24.4. The molecular formula is C61H57FGeIrN4OSi-2. The summed E-state index contributed by atoms with van der Waals surface area (Å²) < 4.78 is 42.1. The summed E-state index contributed by atoms with van der Waals surface area (Å²) >= 11 is -1.79. The Hall–Kier alpha value is -6.21. The van der Waals surface area contributed by atoms with Gasteiger partial charge in [-0.1, -0.05) is 124 Å². The average molecular weight is 1180 g/mol. The third kappa shape index (κ3) is 10.2. The van der Waals surface area contributed by atoms with Crippen LogP contribution in [0.25, 0.3) is 83.6 Å². The van der Waals surface area contributed by atoms with E-state index in [1.165, 1.54) is 21.7 Å². The summed E-state index contributed by atoms with van der Waals surface area (Å²) in [5.74, 6) is 5.31. The molecule has 70 heavy (non-hydrogen) atoms. The molecule has 0 aliphatic carbocycles. The van der Waals surface area contributed by atoms with E-state index in [9.17, 15) is 12.4 Å².